The molecule has 1 aliphatic carbocycles. The maximum atomic E-state index is 12.2. The monoisotopic (exact) mass is 269 g/mol. The molecule has 2 N–H and O–H groups in total. The fourth-order valence-corrected chi connectivity index (χ4v) is 2.74. The van der Waals surface area contributed by atoms with Crippen molar-refractivity contribution in [2.75, 3.05) is 0 Å². The molecule has 0 amide bonds. The third kappa shape index (κ3) is 6.56. The molecule has 0 aromatic carbocycles. The van der Waals surface area contributed by atoms with E-state index in [1.807, 2.05) is 27.7 Å². The van der Waals surface area contributed by atoms with Gasteiger partial charge in [-0.25, -0.2) is 0 Å². The van der Waals surface area contributed by atoms with Crippen LogP contribution >= 0.6 is 0 Å². The first kappa shape index (κ1) is 18.6. The predicted molar refractivity (Wildman–Crippen MR) is 84.2 cm³/mol. The highest BCUT2D eigenvalue weighted by Crippen LogP contribution is 2.29. The van der Waals surface area contributed by atoms with Crippen molar-refractivity contribution in [3.05, 3.63) is 0 Å². The first-order valence-corrected chi connectivity index (χ1v) is 8.27. The Hall–Kier alpha value is -0.370. The van der Waals surface area contributed by atoms with Crippen LogP contribution in [0, 0.1) is 11.3 Å². The Kier molecular flexibility index (Phi) is 9.34. The maximum Gasteiger partial charge on any atom is 0.155 e. The van der Waals surface area contributed by atoms with Crippen molar-refractivity contribution in [2.24, 2.45) is 17.1 Å². The zero-order valence-corrected chi connectivity index (χ0v) is 13.8. The molecule has 1 atom stereocenters. The molecule has 0 aromatic heterocycles. The molecule has 0 heterocycles. The minimum atomic E-state index is -0.246. The van der Waals surface area contributed by atoms with Gasteiger partial charge in [-0.15, -0.1) is 0 Å². The summed E-state index contributed by atoms with van der Waals surface area (Å²) >= 11 is 0. The van der Waals surface area contributed by atoms with Crippen molar-refractivity contribution in [3.8, 4) is 0 Å². The number of ketones is 1. The van der Waals surface area contributed by atoms with Crippen molar-refractivity contribution in [2.45, 2.75) is 92.0 Å². The van der Waals surface area contributed by atoms with Gasteiger partial charge in [-0.1, -0.05) is 73.1 Å². The minimum absolute atomic E-state index is 0.243. The normalized spacial score (nSPS) is 19.1. The lowest BCUT2D eigenvalue weighted by molar-refractivity contribution is -0.129. The molecule has 0 bridgehead atoms. The molecule has 0 radical (unpaired) electrons. The van der Waals surface area contributed by atoms with Gasteiger partial charge in [-0.3, -0.25) is 4.79 Å². The van der Waals surface area contributed by atoms with Gasteiger partial charge in [-0.2, -0.15) is 0 Å². The van der Waals surface area contributed by atoms with Gasteiger partial charge in [-0.05, 0) is 18.8 Å². The Balaban J connectivity index is 0.00000154. The molecule has 1 fully saturated rings. The fraction of sp³-hybridized carbons (Fsp3) is 0.941. The van der Waals surface area contributed by atoms with Gasteiger partial charge in [0.25, 0.3) is 0 Å². The second-order valence-electron chi connectivity index (χ2n) is 6.30. The lowest BCUT2D eigenvalue weighted by Gasteiger charge is -2.27. The second kappa shape index (κ2) is 9.52. The number of rotatable bonds is 5. The standard InChI is InChI=1S/C15H29NO.C2H6/c1-4-15(2,3)14(17)13(16)11-12-9-7-5-6-8-10-12;1-2/h12-13H,4-11,16H2,1-3H3;1-2H3. The molecule has 19 heavy (non-hydrogen) atoms. The van der Waals surface area contributed by atoms with E-state index in [-0.39, 0.29) is 17.2 Å². The summed E-state index contributed by atoms with van der Waals surface area (Å²) in [4.78, 5) is 12.2. The van der Waals surface area contributed by atoms with Crippen LogP contribution in [0.5, 0.6) is 0 Å². The molecule has 1 aliphatic rings. The molecule has 0 aromatic rings. The van der Waals surface area contributed by atoms with E-state index >= 15 is 0 Å². The van der Waals surface area contributed by atoms with Crippen LogP contribution in [0.3, 0.4) is 0 Å². The number of carbonyl (C=O) groups is 1. The molecule has 2 nitrogen and oxygen atoms in total. The van der Waals surface area contributed by atoms with Crippen LogP contribution in [0.1, 0.15) is 86.0 Å². The van der Waals surface area contributed by atoms with Gasteiger partial charge in [0, 0.05) is 5.41 Å². The Labute approximate surface area is 120 Å². The van der Waals surface area contributed by atoms with Crippen molar-refractivity contribution in [1.29, 1.82) is 0 Å². The first-order chi connectivity index (χ1) is 8.97. The molecule has 0 saturated heterocycles. The Bertz CT molecular complexity index is 240. The van der Waals surface area contributed by atoms with Gasteiger partial charge < -0.3 is 5.73 Å². The van der Waals surface area contributed by atoms with Crippen LogP contribution in [0.15, 0.2) is 0 Å². The van der Waals surface area contributed by atoms with Gasteiger partial charge >= 0.3 is 0 Å². The molecule has 0 spiro atoms. The molecule has 1 unspecified atom stereocenters. The summed E-state index contributed by atoms with van der Waals surface area (Å²) in [7, 11) is 0. The van der Waals surface area contributed by atoms with Crippen LogP contribution in [0.4, 0.5) is 0 Å². The predicted octanol–water partition coefficient (Wildman–Crippen LogP) is 4.71. The van der Waals surface area contributed by atoms with E-state index in [9.17, 15) is 4.79 Å². The van der Waals surface area contributed by atoms with Crippen molar-refractivity contribution < 1.29 is 4.79 Å². The zero-order valence-electron chi connectivity index (χ0n) is 13.8. The molecule has 2 heteroatoms. The third-order valence-corrected chi connectivity index (χ3v) is 4.45. The van der Waals surface area contributed by atoms with Crippen LogP contribution in [0.2, 0.25) is 0 Å². The van der Waals surface area contributed by atoms with Crippen molar-refractivity contribution >= 4 is 5.78 Å². The lowest BCUT2D eigenvalue weighted by atomic mass is 9.79. The Morgan fingerprint density at radius 1 is 1.16 bits per heavy atom. The molecule has 114 valence electrons. The summed E-state index contributed by atoms with van der Waals surface area (Å²) in [6.07, 6.45) is 9.69. The summed E-state index contributed by atoms with van der Waals surface area (Å²) < 4.78 is 0. The molecular formula is C17H35NO. The van der Waals surface area contributed by atoms with E-state index in [1.54, 1.807) is 0 Å². The largest absolute Gasteiger partial charge is 0.321 e. The topological polar surface area (TPSA) is 43.1 Å². The van der Waals surface area contributed by atoms with Crippen LogP contribution in [0.25, 0.3) is 0 Å². The van der Waals surface area contributed by atoms with Crippen molar-refractivity contribution in [3.63, 3.8) is 0 Å². The summed E-state index contributed by atoms with van der Waals surface area (Å²) in [5.74, 6) is 0.938. The smallest absolute Gasteiger partial charge is 0.155 e. The SMILES string of the molecule is CC.CCC(C)(C)C(=O)C(N)CC1CCCCCC1. The second-order valence-corrected chi connectivity index (χ2v) is 6.30. The highest BCUT2D eigenvalue weighted by molar-refractivity contribution is 5.88. The number of carbonyl (C=O) groups excluding carboxylic acids is 1. The Morgan fingerprint density at radius 2 is 1.63 bits per heavy atom. The first-order valence-electron chi connectivity index (χ1n) is 8.27. The summed E-state index contributed by atoms with van der Waals surface area (Å²) in [5, 5.41) is 0. The van der Waals surface area contributed by atoms with Crippen LogP contribution in [-0.2, 0) is 4.79 Å². The quantitative estimate of drug-likeness (QED) is 0.735. The Morgan fingerprint density at radius 3 is 2.05 bits per heavy atom. The highest BCUT2D eigenvalue weighted by atomic mass is 16.1. The van der Waals surface area contributed by atoms with E-state index in [4.69, 9.17) is 5.73 Å². The fourth-order valence-electron chi connectivity index (χ4n) is 2.74. The van der Waals surface area contributed by atoms with Crippen LogP contribution in [-0.4, -0.2) is 11.8 Å². The lowest BCUT2D eigenvalue weighted by Crippen LogP contribution is -2.41. The average molecular weight is 269 g/mol. The van der Waals surface area contributed by atoms with Gasteiger partial charge in [0.2, 0.25) is 0 Å². The molecule has 0 aliphatic heterocycles. The summed E-state index contributed by atoms with van der Waals surface area (Å²) in [6, 6.07) is -0.243. The van der Waals surface area contributed by atoms with Crippen molar-refractivity contribution in [1.82, 2.24) is 0 Å². The number of hydrogen-bond donors (Lipinski definition) is 1. The van der Waals surface area contributed by atoms with E-state index in [0.717, 1.165) is 12.8 Å². The number of nitrogens with two attached hydrogens (primary N) is 1. The van der Waals surface area contributed by atoms with Gasteiger partial charge in [0.15, 0.2) is 5.78 Å². The van der Waals surface area contributed by atoms with E-state index in [0.29, 0.717) is 5.92 Å². The average Bonchev–Trinajstić information content (AvgIpc) is 2.68. The number of Topliss-reactive ketones (excluding diaryl/α,β-unsaturated/α-hetero) is 1. The van der Waals surface area contributed by atoms with Gasteiger partial charge in [0.05, 0.1) is 6.04 Å². The minimum Gasteiger partial charge on any atom is -0.321 e. The zero-order chi connectivity index (χ0) is 14.9. The molecule has 1 rings (SSSR count). The van der Waals surface area contributed by atoms with E-state index < -0.39 is 0 Å². The third-order valence-electron chi connectivity index (χ3n) is 4.45. The summed E-state index contributed by atoms with van der Waals surface area (Å²) in [5.41, 5.74) is 5.87. The van der Waals surface area contributed by atoms with Gasteiger partial charge in [0.1, 0.15) is 0 Å². The van der Waals surface area contributed by atoms with E-state index in [1.165, 1.54) is 38.5 Å². The molecular weight excluding hydrogens is 234 g/mol. The van der Waals surface area contributed by atoms with Crippen LogP contribution < -0.4 is 5.73 Å². The maximum absolute atomic E-state index is 12.2. The molecule has 1 saturated carbocycles. The highest BCUT2D eigenvalue weighted by Gasteiger charge is 2.31. The number of hydrogen-bond acceptors (Lipinski definition) is 2. The van der Waals surface area contributed by atoms with E-state index in [2.05, 4.69) is 6.92 Å². The summed E-state index contributed by atoms with van der Waals surface area (Å²) in [6.45, 7) is 10.1.